The first kappa shape index (κ1) is 17.2. The number of carboxylic acids is 1. The van der Waals surface area contributed by atoms with E-state index >= 15 is 0 Å². The molecule has 0 aromatic carbocycles. The van der Waals surface area contributed by atoms with E-state index in [4.69, 9.17) is 5.11 Å². The lowest BCUT2D eigenvalue weighted by atomic mass is 9.88. The Morgan fingerprint density at radius 3 is 2.20 bits per heavy atom. The summed E-state index contributed by atoms with van der Waals surface area (Å²) in [7, 11) is -3.66. The summed E-state index contributed by atoms with van der Waals surface area (Å²) in [5.41, 5.74) is 0. The fraction of sp³-hybridized carbons (Fsp3) is 0.909. The summed E-state index contributed by atoms with van der Waals surface area (Å²) in [6, 6.07) is 0. The van der Waals surface area contributed by atoms with Crippen molar-refractivity contribution in [1.82, 2.24) is 4.72 Å². The molecule has 9 heteroatoms. The first-order chi connectivity index (χ1) is 9.13. The second-order valence-electron chi connectivity index (χ2n) is 4.95. The van der Waals surface area contributed by atoms with Gasteiger partial charge in [-0.25, -0.2) is 13.1 Å². The average Bonchev–Trinajstić information content (AvgIpc) is 2.34. The van der Waals surface area contributed by atoms with E-state index in [-0.39, 0.29) is 45.1 Å². The Kier molecular flexibility index (Phi) is 5.81. The van der Waals surface area contributed by atoms with Gasteiger partial charge in [-0.3, -0.25) is 4.79 Å². The van der Waals surface area contributed by atoms with Gasteiger partial charge in [0.2, 0.25) is 10.0 Å². The third-order valence-electron chi connectivity index (χ3n) is 3.45. The fourth-order valence-electron chi connectivity index (χ4n) is 2.27. The van der Waals surface area contributed by atoms with Crippen LogP contribution in [0.3, 0.4) is 0 Å². The molecule has 2 N–H and O–H groups in total. The van der Waals surface area contributed by atoms with Crippen LogP contribution in [0.1, 0.15) is 38.5 Å². The molecular formula is C11H18F3NO4S. The lowest BCUT2D eigenvalue weighted by molar-refractivity contribution is -0.181. The van der Waals surface area contributed by atoms with Crippen LogP contribution in [0.5, 0.6) is 0 Å². The number of nitrogens with one attached hydrogen (secondary N) is 1. The molecule has 0 radical (unpaired) electrons. The van der Waals surface area contributed by atoms with Crippen molar-refractivity contribution in [2.45, 2.75) is 50.0 Å². The predicted molar refractivity (Wildman–Crippen MR) is 65.6 cm³/mol. The Bertz CT molecular complexity index is 427. The van der Waals surface area contributed by atoms with E-state index in [1.54, 1.807) is 0 Å². The van der Waals surface area contributed by atoms with Crippen molar-refractivity contribution in [3.05, 3.63) is 0 Å². The number of aliphatic carboxylic acids is 1. The van der Waals surface area contributed by atoms with Crippen molar-refractivity contribution in [3.8, 4) is 0 Å². The molecule has 0 bridgehead atoms. The van der Waals surface area contributed by atoms with Gasteiger partial charge >= 0.3 is 12.1 Å². The number of hydrogen-bond donors (Lipinski definition) is 2. The number of carbonyl (C=O) groups is 1. The van der Waals surface area contributed by atoms with E-state index in [2.05, 4.69) is 4.72 Å². The number of hydrogen-bond acceptors (Lipinski definition) is 3. The van der Waals surface area contributed by atoms with Gasteiger partial charge in [-0.05, 0) is 32.1 Å². The molecule has 0 atom stereocenters. The molecule has 0 unspecified atom stereocenters. The number of carboxylic acid groups (broad SMARTS) is 1. The van der Waals surface area contributed by atoms with Gasteiger partial charge in [-0.15, -0.1) is 0 Å². The smallest absolute Gasteiger partial charge is 0.391 e. The summed E-state index contributed by atoms with van der Waals surface area (Å²) in [4.78, 5) is 10.3. The van der Waals surface area contributed by atoms with Crippen LogP contribution in [0, 0.1) is 5.92 Å². The summed E-state index contributed by atoms with van der Waals surface area (Å²) >= 11 is 0. The molecule has 0 heterocycles. The zero-order valence-electron chi connectivity index (χ0n) is 10.8. The minimum atomic E-state index is -4.26. The summed E-state index contributed by atoms with van der Waals surface area (Å²) in [5.74, 6) is -2.43. The van der Waals surface area contributed by atoms with Gasteiger partial charge in [-0.2, -0.15) is 13.2 Å². The quantitative estimate of drug-likeness (QED) is 0.733. The summed E-state index contributed by atoms with van der Waals surface area (Å²) in [6.45, 7) is -0.00612. The molecule has 0 amide bonds. The Labute approximate surface area is 115 Å². The second kappa shape index (κ2) is 6.75. The highest BCUT2D eigenvalue weighted by atomic mass is 32.2. The van der Waals surface area contributed by atoms with Crippen molar-refractivity contribution in [1.29, 1.82) is 0 Å². The highest BCUT2D eigenvalue weighted by molar-refractivity contribution is 7.90. The molecule has 0 aliphatic heterocycles. The zero-order chi connectivity index (χ0) is 15.4. The molecule has 1 saturated carbocycles. The Balaban J connectivity index is 2.41. The fourth-order valence-corrected chi connectivity index (χ4v) is 3.83. The maximum absolute atomic E-state index is 12.5. The largest absolute Gasteiger partial charge is 0.481 e. The van der Waals surface area contributed by atoms with Crippen LogP contribution in [0.25, 0.3) is 0 Å². The van der Waals surface area contributed by atoms with Crippen molar-refractivity contribution in [2.75, 3.05) is 6.54 Å². The van der Waals surface area contributed by atoms with Crippen LogP contribution < -0.4 is 4.72 Å². The van der Waals surface area contributed by atoms with Crippen molar-refractivity contribution >= 4 is 16.0 Å². The van der Waals surface area contributed by atoms with Gasteiger partial charge in [0.15, 0.2) is 0 Å². The van der Waals surface area contributed by atoms with E-state index in [1.165, 1.54) is 0 Å². The summed E-state index contributed by atoms with van der Waals surface area (Å²) in [5, 5.41) is 7.60. The minimum Gasteiger partial charge on any atom is -0.481 e. The molecule has 1 aliphatic carbocycles. The van der Waals surface area contributed by atoms with E-state index < -0.39 is 33.3 Å². The third kappa shape index (κ3) is 5.28. The number of sulfonamides is 1. The molecule has 0 spiro atoms. The maximum Gasteiger partial charge on any atom is 0.391 e. The highest BCUT2D eigenvalue weighted by Gasteiger charge is 2.43. The molecule has 20 heavy (non-hydrogen) atoms. The van der Waals surface area contributed by atoms with Gasteiger partial charge in [0.1, 0.15) is 0 Å². The lowest BCUT2D eigenvalue weighted by Crippen LogP contribution is -2.39. The van der Waals surface area contributed by atoms with Crippen molar-refractivity contribution in [2.24, 2.45) is 5.92 Å². The molecule has 0 aromatic rings. The second-order valence-corrected chi connectivity index (χ2v) is 7.00. The topological polar surface area (TPSA) is 83.5 Å². The Morgan fingerprint density at radius 2 is 1.75 bits per heavy atom. The minimum absolute atomic E-state index is 0.00612. The molecule has 0 aromatic heterocycles. The van der Waals surface area contributed by atoms with Gasteiger partial charge in [-0.1, -0.05) is 0 Å². The molecule has 118 valence electrons. The summed E-state index contributed by atoms with van der Waals surface area (Å²) < 4.78 is 63.4. The number of rotatable bonds is 6. The first-order valence-corrected chi connectivity index (χ1v) is 7.94. The van der Waals surface area contributed by atoms with E-state index in [0.717, 1.165) is 0 Å². The van der Waals surface area contributed by atoms with Gasteiger partial charge in [0.05, 0.1) is 11.2 Å². The molecule has 5 nitrogen and oxygen atoms in total. The van der Waals surface area contributed by atoms with Crippen LogP contribution in [0.4, 0.5) is 13.2 Å². The van der Waals surface area contributed by atoms with Crippen LogP contribution in [-0.2, 0) is 14.8 Å². The van der Waals surface area contributed by atoms with Crippen molar-refractivity contribution in [3.63, 3.8) is 0 Å². The summed E-state index contributed by atoms with van der Waals surface area (Å²) in [6.07, 6.45) is -4.63. The monoisotopic (exact) mass is 317 g/mol. The Hall–Kier alpha value is -0.830. The predicted octanol–water partition coefficient (Wildman–Crippen LogP) is 1.89. The van der Waals surface area contributed by atoms with Gasteiger partial charge < -0.3 is 5.11 Å². The van der Waals surface area contributed by atoms with Crippen LogP contribution >= 0.6 is 0 Å². The maximum atomic E-state index is 12.5. The molecule has 1 fully saturated rings. The molecule has 1 aliphatic rings. The van der Waals surface area contributed by atoms with Crippen LogP contribution in [0.2, 0.25) is 0 Å². The SMILES string of the molecule is O=C(O)CCCNS(=O)(=O)C1CCC(C(F)(F)F)CC1. The number of halogens is 3. The third-order valence-corrected chi connectivity index (χ3v) is 5.40. The van der Waals surface area contributed by atoms with E-state index in [9.17, 15) is 26.4 Å². The van der Waals surface area contributed by atoms with E-state index in [0.29, 0.717) is 0 Å². The molecule has 1 rings (SSSR count). The molecule has 0 saturated heterocycles. The first-order valence-electron chi connectivity index (χ1n) is 6.40. The molecular weight excluding hydrogens is 299 g/mol. The van der Waals surface area contributed by atoms with Gasteiger partial charge in [0.25, 0.3) is 0 Å². The average molecular weight is 317 g/mol. The highest BCUT2D eigenvalue weighted by Crippen LogP contribution is 2.38. The van der Waals surface area contributed by atoms with Gasteiger partial charge in [0, 0.05) is 13.0 Å². The van der Waals surface area contributed by atoms with E-state index in [1.807, 2.05) is 0 Å². The van der Waals surface area contributed by atoms with Crippen LogP contribution in [0.15, 0.2) is 0 Å². The van der Waals surface area contributed by atoms with Crippen LogP contribution in [-0.4, -0.2) is 37.5 Å². The standard InChI is InChI=1S/C11H18F3NO4S/c12-11(13,14)8-3-5-9(6-4-8)20(18,19)15-7-1-2-10(16)17/h8-9,15H,1-7H2,(H,16,17). The lowest BCUT2D eigenvalue weighted by Gasteiger charge is -2.29. The Morgan fingerprint density at radius 1 is 1.20 bits per heavy atom. The normalized spacial score (nSPS) is 24.6. The van der Waals surface area contributed by atoms with Crippen molar-refractivity contribution < 1.29 is 31.5 Å². The number of alkyl halides is 3. The zero-order valence-corrected chi connectivity index (χ0v) is 11.6.